The molecule has 0 bridgehead atoms. The fraction of sp³-hybridized carbons (Fsp3) is 0.167. The van der Waals surface area contributed by atoms with Gasteiger partial charge in [0.2, 0.25) is 0 Å². The van der Waals surface area contributed by atoms with E-state index < -0.39 is 0 Å². The number of nitrogens with two attached hydrogens (primary N) is 1. The van der Waals surface area contributed by atoms with E-state index in [0.717, 1.165) is 11.3 Å². The van der Waals surface area contributed by atoms with Gasteiger partial charge in [-0.1, -0.05) is 12.1 Å². The molecule has 1 heterocycles. The third-order valence-electron chi connectivity index (χ3n) is 2.49. The van der Waals surface area contributed by atoms with Crippen molar-refractivity contribution in [2.45, 2.75) is 6.54 Å². The Labute approximate surface area is 99.2 Å². The summed E-state index contributed by atoms with van der Waals surface area (Å²) in [4.78, 5) is 11.7. The Hall–Kier alpha value is -2.14. The van der Waals surface area contributed by atoms with E-state index in [0.29, 0.717) is 12.1 Å². The fourth-order valence-corrected chi connectivity index (χ4v) is 1.60. The quantitative estimate of drug-likeness (QED) is 0.814. The van der Waals surface area contributed by atoms with Gasteiger partial charge in [-0.25, -0.2) is 4.68 Å². The van der Waals surface area contributed by atoms with Crippen LogP contribution in [0.1, 0.15) is 15.9 Å². The molecule has 0 aliphatic heterocycles. The predicted octanol–water partition coefficient (Wildman–Crippen LogP) is 0.691. The van der Waals surface area contributed by atoms with Crippen molar-refractivity contribution < 1.29 is 4.79 Å². The molecule has 3 N–H and O–H groups in total. The highest BCUT2D eigenvalue weighted by Gasteiger charge is 2.11. The van der Waals surface area contributed by atoms with Gasteiger partial charge < -0.3 is 11.1 Å². The first-order valence-electron chi connectivity index (χ1n) is 5.31. The van der Waals surface area contributed by atoms with Gasteiger partial charge >= 0.3 is 0 Å². The van der Waals surface area contributed by atoms with Crippen molar-refractivity contribution in [3.8, 4) is 5.69 Å². The molecule has 0 aliphatic carbocycles. The van der Waals surface area contributed by atoms with Gasteiger partial charge in [0, 0.05) is 25.4 Å². The second-order valence-corrected chi connectivity index (χ2v) is 3.59. The minimum absolute atomic E-state index is 0.134. The molecule has 17 heavy (non-hydrogen) atoms. The van der Waals surface area contributed by atoms with Crippen LogP contribution >= 0.6 is 0 Å². The van der Waals surface area contributed by atoms with Gasteiger partial charge in [-0.15, -0.1) is 0 Å². The summed E-state index contributed by atoms with van der Waals surface area (Å²) in [6.45, 7) is 0.433. The third kappa shape index (κ3) is 2.19. The molecular weight excluding hydrogens is 216 g/mol. The molecular formula is C12H14N4O. The maximum atomic E-state index is 11.7. The number of benzene rings is 1. The molecule has 1 aromatic carbocycles. The number of hydrogen-bond donors (Lipinski definition) is 2. The van der Waals surface area contributed by atoms with E-state index in [1.165, 1.54) is 0 Å². The molecule has 1 aromatic heterocycles. The van der Waals surface area contributed by atoms with E-state index in [2.05, 4.69) is 10.4 Å². The molecule has 2 rings (SSSR count). The van der Waals surface area contributed by atoms with Crippen LogP contribution in [0, 0.1) is 0 Å². The summed E-state index contributed by atoms with van der Waals surface area (Å²) in [7, 11) is 1.60. The van der Waals surface area contributed by atoms with Crippen LogP contribution in [-0.4, -0.2) is 22.7 Å². The van der Waals surface area contributed by atoms with Crippen LogP contribution in [0.3, 0.4) is 0 Å². The molecule has 2 aromatic rings. The van der Waals surface area contributed by atoms with Crippen LogP contribution in [0.15, 0.2) is 36.7 Å². The molecule has 5 heteroatoms. The molecule has 0 saturated carbocycles. The second kappa shape index (κ2) is 4.80. The van der Waals surface area contributed by atoms with Crippen molar-refractivity contribution in [2.75, 3.05) is 7.05 Å². The Balaban J connectivity index is 2.47. The molecule has 0 saturated heterocycles. The molecule has 0 spiro atoms. The first-order valence-corrected chi connectivity index (χ1v) is 5.31. The largest absolute Gasteiger partial charge is 0.355 e. The summed E-state index contributed by atoms with van der Waals surface area (Å²) < 4.78 is 1.66. The number of amides is 1. The lowest BCUT2D eigenvalue weighted by Crippen LogP contribution is -2.20. The average molecular weight is 230 g/mol. The Bertz CT molecular complexity index is 533. The minimum Gasteiger partial charge on any atom is -0.355 e. The number of rotatable bonds is 3. The number of nitrogens with zero attached hydrogens (tertiary/aromatic N) is 2. The normalized spacial score (nSPS) is 10.2. The molecule has 0 unspecified atom stereocenters. The monoisotopic (exact) mass is 230 g/mol. The number of para-hydroxylation sites is 1. The molecule has 0 radical (unpaired) electrons. The lowest BCUT2D eigenvalue weighted by Gasteiger charge is -2.07. The maximum absolute atomic E-state index is 11.7. The zero-order chi connectivity index (χ0) is 12.3. The molecule has 1 amide bonds. The predicted molar refractivity (Wildman–Crippen MR) is 64.8 cm³/mol. The van der Waals surface area contributed by atoms with Crippen molar-refractivity contribution in [1.29, 1.82) is 0 Å². The van der Waals surface area contributed by atoms with Crippen LogP contribution in [0.2, 0.25) is 0 Å². The molecule has 0 atom stereocenters. The average Bonchev–Trinajstić information content (AvgIpc) is 2.86. The molecule has 88 valence electrons. The Morgan fingerprint density at radius 2 is 2.24 bits per heavy atom. The van der Waals surface area contributed by atoms with E-state index in [-0.39, 0.29) is 5.91 Å². The number of nitrogens with one attached hydrogen (secondary N) is 1. The SMILES string of the molecule is CNC(=O)c1ccccc1-n1cc(CN)cn1. The number of aromatic nitrogens is 2. The van der Waals surface area contributed by atoms with Gasteiger partial charge in [0.05, 0.1) is 17.4 Å². The maximum Gasteiger partial charge on any atom is 0.253 e. The smallest absolute Gasteiger partial charge is 0.253 e. The standard InChI is InChI=1S/C12H14N4O/c1-14-12(17)10-4-2-3-5-11(10)16-8-9(6-13)7-15-16/h2-5,7-8H,6,13H2,1H3,(H,14,17). The second-order valence-electron chi connectivity index (χ2n) is 3.59. The van der Waals surface area contributed by atoms with Crippen molar-refractivity contribution in [3.63, 3.8) is 0 Å². The highest BCUT2D eigenvalue weighted by Crippen LogP contribution is 2.14. The van der Waals surface area contributed by atoms with Crippen LogP contribution in [0.4, 0.5) is 0 Å². The third-order valence-corrected chi connectivity index (χ3v) is 2.49. The van der Waals surface area contributed by atoms with Crippen LogP contribution in [-0.2, 0) is 6.54 Å². The summed E-state index contributed by atoms with van der Waals surface area (Å²) in [5.74, 6) is -0.134. The zero-order valence-electron chi connectivity index (χ0n) is 9.55. The fourth-order valence-electron chi connectivity index (χ4n) is 1.60. The first kappa shape index (κ1) is 11.3. The lowest BCUT2D eigenvalue weighted by molar-refractivity contribution is 0.0963. The molecule has 0 aliphatic rings. The van der Waals surface area contributed by atoms with Crippen LogP contribution in [0.5, 0.6) is 0 Å². The van der Waals surface area contributed by atoms with Gasteiger partial charge in [0.15, 0.2) is 0 Å². The van der Waals surface area contributed by atoms with Crippen molar-refractivity contribution in [2.24, 2.45) is 5.73 Å². The van der Waals surface area contributed by atoms with E-state index in [4.69, 9.17) is 5.73 Å². The van der Waals surface area contributed by atoms with Crippen LogP contribution < -0.4 is 11.1 Å². The van der Waals surface area contributed by atoms with E-state index in [1.807, 2.05) is 24.4 Å². The Morgan fingerprint density at radius 1 is 1.47 bits per heavy atom. The first-order chi connectivity index (χ1) is 8.26. The summed E-state index contributed by atoms with van der Waals surface area (Å²) >= 11 is 0. The summed E-state index contributed by atoms with van der Waals surface area (Å²) in [5.41, 5.74) is 7.79. The lowest BCUT2D eigenvalue weighted by atomic mass is 10.1. The summed E-state index contributed by atoms with van der Waals surface area (Å²) in [6, 6.07) is 7.29. The topological polar surface area (TPSA) is 72.9 Å². The summed E-state index contributed by atoms with van der Waals surface area (Å²) in [6.07, 6.45) is 3.52. The Morgan fingerprint density at radius 3 is 2.88 bits per heavy atom. The highest BCUT2D eigenvalue weighted by atomic mass is 16.1. The van der Waals surface area contributed by atoms with E-state index in [9.17, 15) is 4.79 Å². The van der Waals surface area contributed by atoms with Gasteiger partial charge in [-0.2, -0.15) is 5.10 Å². The number of carbonyl (C=O) groups excluding carboxylic acids is 1. The molecule has 0 fully saturated rings. The van der Waals surface area contributed by atoms with Crippen molar-refractivity contribution >= 4 is 5.91 Å². The number of hydrogen-bond acceptors (Lipinski definition) is 3. The van der Waals surface area contributed by atoms with Crippen molar-refractivity contribution in [1.82, 2.24) is 15.1 Å². The van der Waals surface area contributed by atoms with Gasteiger partial charge in [-0.05, 0) is 12.1 Å². The van der Waals surface area contributed by atoms with E-state index >= 15 is 0 Å². The minimum atomic E-state index is -0.134. The summed E-state index contributed by atoms with van der Waals surface area (Å²) in [5, 5.41) is 6.80. The van der Waals surface area contributed by atoms with Crippen molar-refractivity contribution in [3.05, 3.63) is 47.8 Å². The van der Waals surface area contributed by atoms with E-state index in [1.54, 1.807) is 24.0 Å². The Kier molecular flexibility index (Phi) is 3.20. The number of carbonyl (C=O) groups is 1. The van der Waals surface area contributed by atoms with Crippen LogP contribution in [0.25, 0.3) is 5.69 Å². The van der Waals surface area contributed by atoms with Gasteiger partial charge in [-0.3, -0.25) is 4.79 Å². The zero-order valence-corrected chi connectivity index (χ0v) is 9.55. The molecule has 5 nitrogen and oxygen atoms in total. The highest BCUT2D eigenvalue weighted by molar-refractivity contribution is 5.97. The van der Waals surface area contributed by atoms with Gasteiger partial charge in [0.25, 0.3) is 5.91 Å². The van der Waals surface area contributed by atoms with Gasteiger partial charge in [0.1, 0.15) is 0 Å².